The maximum absolute atomic E-state index is 4.63. The van der Waals surface area contributed by atoms with Crippen molar-refractivity contribution in [2.24, 2.45) is 0 Å². The Balaban J connectivity index is 0.000000637. The molecule has 0 aliphatic carbocycles. The van der Waals surface area contributed by atoms with E-state index >= 15 is 0 Å². The van der Waals surface area contributed by atoms with Crippen LogP contribution in [0, 0.1) is 6.92 Å². The number of pyridine rings is 1. The van der Waals surface area contributed by atoms with Crippen molar-refractivity contribution in [1.82, 2.24) is 4.98 Å². The van der Waals surface area contributed by atoms with Crippen molar-refractivity contribution in [3.63, 3.8) is 0 Å². The normalized spacial score (nSPS) is 18.3. The van der Waals surface area contributed by atoms with Gasteiger partial charge in [0.1, 0.15) is 5.82 Å². The van der Waals surface area contributed by atoms with Gasteiger partial charge in [-0.3, -0.25) is 0 Å². The Morgan fingerprint density at radius 2 is 2.05 bits per heavy atom. The molecule has 0 amide bonds. The van der Waals surface area contributed by atoms with Crippen molar-refractivity contribution in [2.75, 3.05) is 11.4 Å². The van der Waals surface area contributed by atoms with Crippen LogP contribution in [0.3, 0.4) is 0 Å². The Kier molecular flexibility index (Phi) is 4.41. The number of hydrogen-bond donors (Lipinski definition) is 0. The summed E-state index contributed by atoms with van der Waals surface area (Å²) in [5.41, 5.74) is 1.30. The molecular formula is C17H24N2. The minimum atomic E-state index is 0.629. The summed E-state index contributed by atoms with van der Waals surface area (Å²) in [6.45, 7) is 9.57. The summed E-state index contributed by atoms with van der Waals surface area (Å²) in [7, 11) is 0. The summed E-state index contributed by atoms with van der Waals surface area (Å²) in [6.07, 6.45) is 4.59. The Labute approximate surface area is 116 Å². The number of fused-ring (bicyclic) bond motifs is 1. The van der Waals surface area contributed by atoms with E-state index in [-0.39, 0.29) is 0 Å². The highest BCUT2D eigenvalue weighted by atomic mass is 15.2. The predicted octanol–water partition coefficient (Wildman–Crippen LogP) is 4.56. The molecular weight excluding hydrogens is 232 g/mol. The lowest BCUT2D eigenvalue weighted by Gasteiger charge is -2.22. The molecule has 1 aromatic heterocycles. The summed E-state index contributed by atoms with van der Waals surface area (Å²) in [6, 6.07) is 9.29. The maximum Gasteiger partial charge on any atom is 0.129 e. The first-order chi connectivity index (χ1) is 9.25. The zero-order valence-electron chi connectivity index (χ0n) is 12.5. The highest BCUT2D eigenvalue weighted by Gasteiger charge is 2.21. The van der Waals surface area contributed by atoms with Gasteiger partial charge in [-0.1, -0.05) is 32.0 Å². The van der Waals surface area contributed by atoms with E-state index in [2.05, 4.69) is 48.0 Å². The largest absolute Gasteiger partial charge is 0.354 e. The molecule has 0 radical (unpaired) electrons. The van der Waals surface area contributed by atoms with Gasteiger partial charge in [0.2, 0.25) is 0 Å². The van der Waals surface area contributed by atoms with Gasteiger partial charge in [0.25, 0.3) is 0 Å². The summed E-state index contributed by atoms with van der Waals surface area (Å²) in [4.78, 5) is 7.04. The van der Waals surface area contributed by atoms with Crippen LogP contribution in [0.25, 0.3) is 10.8 Å². The molecule has 102 valence electrons. The molecule has 2 heteroatoms. The Hall–Kier alpha value is -1.57. The van der Waals surface area contributed by atoms with Gasteiger partial charge in [0.15, 0.2) is 0 Å². The van der Waals surface area contributed by atoms with Crippen LogP contribution in [0.5, 0.6) is 0 Å². The zero-order chi connectivity index (χ0) is 13.8. The van der Waals surface area contributed by atoms with E-state index in [9.17, 15) is 0 Å². The fraction of sp³-hybridized carbons (Fsp3) is 0.471. The topological polar surface area (TPSA) is 16.1 Å². The van der Waals surface area contributed by atoms with Crippen LogP contribution < -0.4 is 4.90 Å². The molecule has 19 heavy (non-hydrogen) atoms. The Bertz CT molecular complexity index is 548. The monoisotopic (exact) mass is 256 g/mol. The smallest absolute Gasteiger partial charge is 0.129 e. The second-order valence-corrected chi connectivity index (χ2v) is 5.02. The number of hydrogen-bond acceptors (Lipinski definition) is 2. The first-order valence-electron chi connectivity index (χ1n) is 7.38. The first kappa shape index (κ1) is 13.9. The minimum absolute atomic E-state index is 0.629. The number of aryl methyl sites for hydroxylation is 1. The zero-order valence-corrected chi connectivity index (χ0v) is 12.5. The molecule has 0 saturated carbocycles. The number of nitrogens with zero attached hydrogens (tertiary/aromatic N) is 2. The van der Waals surface area contributed by atoms with Crippen LogP contribution in [0.15, 0.2) is 30.5 Å². The highest BCUT2D eigenvalue weighted by Crippen LogP contribution is 2.27. The number of rotatable bonds is 1. The maximum atomic E-state index is 4.63. The van der Waals surface area contributed by atoms with Gasteiger partial charge in [0.05, 0.1) is 0 Å². The summed E-state index contributed by atoms with van der Waals surface area (Å²) in [5, 5.41) is 2.57. The third-order valence-electron chi connectivity index (χ3n) is 3.82. The molecule has 0 spiro atoms. The molecule has 1 aliphatic heterocycles. The lowest BCUT2D eigenvalue weighted by atomic mass is 10.1. The van der Waals surface area contributed by atoms with Crippen molar-refractivity contribution in [2.45, 2.75) is 46.6 Å². The average Bonchev–Trinajstić information content (AvgIpc) is 2.87. The predicted molar refractivity (Wildman–Crippen MR) is 83.9 cm³/mol. The molecule has 0 bridgehead atoms. The van der Waals surface area contributed by atoms with Crippen LogP contribution in [0.2, 0.25) is 0 Å². The van der Waals surface area contributed by atoms with Crippen molar-refractivity contribution < 1.29 is 0 Å². The van der Waals surface area contributed by atoms with Crippen molar-refractivity contribution >= 4 is 16.6 Å². The highest BCUT2D eigenvalue weighted by molar-refractivity contribution is 5.86. The molecule has 1 saturated heterocycles. The number of benzene rings is 1. The third kappa shape index (κ3) is 2.73. The van der Waals surface area contributed by atoms with Crippen molar-refractivity contribution in [1.29, 1.82) is 0 Å². The van der Waals surface area contributed by atoms with Crippen molar-refractivity contribution in [3.8, 4) is 0 Å². The molecule has 1 unspecified atom stereocenters. The van der Waals surface area contributed by atoms with Gasteiger partial charge >= 0.3 is 0 Å². The number of aromatic nitrogens is 1. The lowest BCUT2D eigenvalue weighted by molar-refractivity contribution is 0.728. The average molecular weight is 256 g/mol. The summed E-state index contributed by atoms with van der Waals surface area (Å²) in [5.74, 6) is 1.13. The van der Waals surface area contributed by atoms with Crippen LogP contribution in [-0.4, -0.2) is 17.6 Å². The van der Waals surface area contributed by atoms with E-state index in [0.717, 1.165) is 12.4 Å². The fourth-order valence-electron chi connectivity index (χ4n) is 2.74. The van der Waals surface area contributed by atoms with E-state index < -0.39 is 0 Å². The van der Waals surface area contributed by atoms with Gasteiger partial charge in [-0.15, -0.1) is 0 Å². The van der Waals surface area contributed by atoms with Crippen molar-refractivity contribution in [3.05, 3.63) is 36.0 Å². The molecule has 2 aromatic rings. The van der Waals surface area contributed by atoms with E-state index in [4.69, 9.17) is 0 Å². The molecule has 3 rings (SSSR count). The van der Waals surface area contributed by atoms with E-state index in [0.29, 0.717) is 6.04 Å². The quantitative estimate of drug-likeness (QED) is 0.743. The molecule has 1 aliphatic rings. The lowest BCUT2D eigenvalue weighted by Crippen LogP contribution is -2.26. The SMILES string of the molecule is CC.Cc1cccc2cc(N3CCCC3C)ncc12. The van der Waals surface area contributed by atoms with E-state index in [1.807, 2.05) is 20.0 Å². The Morgan fingerprint density at radius 1 is 1.26 bits per heavy atom. The fourth-order valence-corrected chi connectivity index (χ4v) is 2.74. The standard InChI is InChI=1S/C15H18N2.C2H6/c1-11-5-3-7-13-9-15(16-10-14(11)13)17-8-4-6-12(17)2;1-2/h3,5,7,9-10,12H,4,6,8H2,1-2H3;1-2H3. The van der Waals surface area contributed by atoms with Gasteiger partial charge in [-0.2, -0.15) is 0 Å². The molecule has 1 fully saturated rings. The molecule has 1 aromatic carbocycles. The van der Waals surface area contributed by atoms with Crippen LogP contribution >= 0.6 is 0 Å². The van der Waals surface area contributed by atoms with Gasteiger partial charge in [-0.25, -0.2) is 4.98 Å². The molecule has 2 heterocycles. The first-order valence-corrected chi connectivity index (χ1v) is 7.38. The molecule has 0 N–H and O–H groups in total. The van der Waals surface area contributed by atoms with Crippen LogP contribution in [-0.2, 0) is 0 Å². The second-order valence-electron chi connectivity index (χ2n) is 5.02. The second kappa shape index (κ2) is 6.05. The third-order valence-corrected chi connectivity index (χ3v) is 3.82. The van der Waals surface area contributed by atoms with Gasteiger partial charge in [0, 0.05) is 24.2 Å². The Morgan fingerprint density at radius 3 is 2.74 bits per heavy atom. The molecule has 1 atom stereocenters. The molecule has 2 nitrogen and oxygen atoms in total. The van der Waals surface area contributed by atoms with Gasteiger partial charge in [-0.05, 0) is 43.7 Å². The van der Waals surface area contributed by atoms with Crippen LogP contribution in [0.4, 0.5) is 5.82 Å². The van der Waals surface area contributed by atoms with E-state index in [1.165, 1.54) is 29.2 Å². The van der Waals surface area contributed by atoms with E-state index in [1.54, 1.807) is 0 Å². The number of anilines is 1. The summed E-state index contributed by atoms with van der Waals surface area (Å²) >= 11 is 0. The minimum Gasteiger partial charge on any atom is -0.354 e. The van der Waals surface area contributed by atoms with Crippen LogP contribution in [0.1, 0.15) is 39.2 Å². The summed E-state index contributed by atoms with van der Waals surface area (Å²) < 4.78 is 0. The van der Waals surface area contributed by atoms with Gasteiger partial charge < -0.3 is 4.90 Å².